The number of nitrogens with two attached hydrogens (primary N) is 1. The molecule has 4 nitrogen and oxygen atoms in total. The summed E-state index contributed by atoms with van der Waals surface area (Å²) < 4.78 is 0. The summed E-state index contributed by atoms with van der Waals surface area (Å²) in [7, 11) is 0. The van der Waals surface area contributed by atoms with Crippen LogP contribution < -0.4 is 5.73 Å². The minimum absolute atomic E-state index is 0.0772. The van der Waals surface area contributed by atoms with E-state index in [1.54, 1.807) is 6.92 Å². The summed E-state index contributed by atoms with van der Waals surface area (Å²) in [6.45, 7) is 9.69. The average Bonchev–Trinajstić information content (AvgIpc) is 2.16. The summed E-state index contributed by atoms with van der Waals surface area (Å²) in [6, 6.07) is 0.211. The first-order chi connectivity index (χ1) is 6.52. The molecule has 0 aromatic heterocycles. The van der Waals surface area contributed by atoms with Gasteiger partial charge in [0.1, 0.15) is 0 Å². The monoisotopic (exact) mass is 199 g/mol. The maximum absolute atomic E-state index is 11.6. The molecule has 1 atom stereocenters. The van der Waals surface area contributed by atoms with Gasteiger partial charge in [0.25, 0.3) is 0 Å². The van der Waals surface area contributed by atoms with Crippen LogP contribution >= 0.6 is 0 Å². The molecule has 4 heteroatoms. The first-order valence-electron chi connectivity index (χ1n) is 5.30. The Labute approximate surface area is 86.0 Å². The van der Waals surface area contributed by atoms with Crippen molar-refractivity contribution in [3.05, 3.63) is 0 Å². The molecule has 82 valence electrons. The minimum Gasteiger partial charge on any atom is -0.339 e. The first-order valence-corrected chi connectivity index (χ1v) is 5.30. The van der Waals surface area contributed by atoms with Crippen LogP contribution in [0.5, 0.6) is 0 Å². The van der Waals surface area contributed by atoms with E-state index in [0.29, 0.717) is 6.04 Å². The van der Waals surface area contributed by atoms with E-state index in [4.69, 9.17) is 5.73 Å². The van der Waals surface area contributed by atoms with Crippen molar-refractivity contribution in [3.8, 4) is 0 Å². The van der Waals surface area contributed by atoms with Crippen LogP contribution in [0.3, 0.4) is 0 Å². The smallest absolute Gasteiger partial charge is 0.239 e. The Hall–Kier alpha value is -0.610. The number of amides is 1. The highest BCUT2D eigenvalue weighted by Gasteiger charge is 2.23. The van der Waals surface area contributed by atoms with Crippen LogP contribution in [0.25, 0.3) is 0 Å². The second-order valence-corrected chi connectivity index (χ2v) is 4.24. The van der Waals surface area contributed by atoms with E-state index in [1.165, 1.54) is 0 Å². The standard InChI is InChI=1S/C10H21N3O/c1-8(2)12-4-6-13(7-5-12)10(14)9(3)11/h8-9H,4-7,11H2,1-3H3/t9-/m1/s1. The second kappa shape index (κ2) is 4.75. The normalized spacial score (nSPS) is 21.4. The van der Waals surface area contributed by atoms with Crippen LogP contribution in [0.4, 0.5) is 0 Å². The molecule has 1 amide bonds. The number of piperazine rings is 1. The van der Waals surface area contributed by atoms with Crippen molar-refractivity contribution in [2.75, 3.05) is 26.2 Å². The number of rotatable bonds is 2. The Morgan fingerprint density at radius 3 is 2.00 bits per heavy atom. The van der Waals surface area contributed by atoms with Gasteiger partial charge >= 0.3 is 0 Å². The summed E-state index contributed by atoms with van der Waals surface area (Å²) >= 11 is 0. The zero-order valence-electron chi connectivity index (χ0n) is 9.36. The van der Waals surface area contributed by atoms with Crippen LogP contribution in [0, 0.1) is 0 Å². The second-order valence-electron chi connectivity index (χ2n) is 4.24. The molecule has 0 bridgehead atoms. The summed E-state index contributed by atoms with van der Waals surface area (Å²) in [5, 5.41) is 0. The Balaban J connectivity index is 2.39. The van der Waals surface area contributed by atoms with Crippen molar-refractivity contribution in [2.45, 2.75) is 32.9 Å². The van der Waals surface area contributed by atoms with Crippen molar-refractivity contribution >= 4 is 5.91 Å². The molecule has 0 unspecified atom stereocenters. The van der Waals surface area contributed by atoms with Crippen LogP contribution in [-0.2, 0) is 4.79 Å². The zero-order valence-corrected chi connectivity index (χ0v) is 9.36. The van der Waals surface area contributed by atoms with Crippen molar-refractivity contribution in [3.63, 3.8) is 0 Å². The summed E-state index contributed by atoms with van der Waals surface area (Å²) in [5.74, 6) is 0.0772. The van der Waals surface area contributed by atoms with Crippen LogP contribution in [-0.4, -0.2) is 54.0 Å². The fraction of sp³-hybridized carbons (Fsp3) is 0.900. The van der Waals surface area contributed by atoms with Crippen LogP contribution in [0.2, 0.25) is 0 Å². The Morgan fingerprint density at radius 2 is 1.64 bits per heavy atom. The molecule has 0 aromatic rings. The summed E-state index contributed by atoms with van der Waals surface area (Å²) in [5.41, 5.74) is 5.56. The van der Waals surface area contributed by atoms with Gasteiger partial charge in [-0.05, 0) is 20.8 Å². The molecule has 14 heavy (non-hydrogen) atoms. The molecule has 2 N–H and O–H groups in total. The number of carbonyl (C=O) groups is 1. The van der Waals surface area contributed by atoms with Gasteiger partial charge in [-0.2, -0.15) is 0 Å². The number of carbonyl (C=O) groups excluding carboxylic acids is 1. The Morgan fingerprint density at radius 1 is 1.14 bits per heavy atom. The summed E-state index contributed by atoms with van der Waals surface area (Å²) in [4.78, 5) is 15.8. The van der Waals surface area contributed by atoms with Gasteiger partial charge < -0.3 is 10.6 Å². The molecule has 0 aliphatic carbocycles. The fourth-order valence-corrected chi connectivity index (χ4v) is 1.75. The molecule has 1 aliphatic heterocycles. The number of hydrogen-bond acceptors (Lipinski definition) is 3. The lowest BCUT2D eigenvalue weighted by molar-refractivity contribution is -0.134. The van der Waals surface area contributed by atoms with Gasteiger partial charge in [-0.1, -0.05) is 0 Å². The van der Waals surface area contributed by atoms with E-state index in [2.05, 4.69) is 18.7 Å². The zero-order chi connectivity index (χ0) is 10.7. The first kappa shape index (κ1) is 11.5. The van der Waals surface area contributed by atoms with E-state index in [9.17, 15) is 4.79 Å². The number of hydrogen-bond donors (Lipinski definition) is 1. The molecular weight excluding hydrogens is 178 g/mol. The molecule has 0 saturated carbocycles. The van der Waals surface area contributed by atoms with Gasteiger partial charge in [-0.3, -0.25) is 9.69 Å². The third-order valence-corrected chi connectivity index (χ3v) is 2.75. The largest absolute Gasteiger partial charge is 0.339 e. The lowest BCUT2D eigenvalue weighted by Gasteiger charge is -2.37. The third kappa shape index (κ3) is 2.69. The Bertz CT molecular complexity index is 196. The van der Waals surface area contributed by atoms with E-state index >= 15 is 0 Å². The molecule has 1 rings (SSSR count). The maximum atomic E-state index is 11.6. The van der Waals surface area contributed by atoms with Gasteiger partial charge in [0.15, 0.2) is 0 Å². The predicted molar refractivity (Wildman–Crippen MR) is 56.9 cm³/mol. The van der Waals surface area contributed by atoms with E-state index in [1.807, 2.05) is 4.90 Å². The topological polar surface area (TPSA) is 49.6 Å². The van der Waals surface area contributed by atoms with Crippen LogP contribution in [0.1, 0.15) is 20.8 Å². The van der Waals surface area contributed by atoms with Gasteiger partial charge in [0.05, 0.1) is 6.04 Å². The molecular formula is C10H21N3O. The molecule has 0 radical (unpaired) electrons. The van der Waals surface area contributed by atoms with Crippen molar-refractivity contribution < 1.29 is 4.79 Å². The van der Waals surface area contributed by atoms with Crippen molar-refractivity contribution in [2.24, 2.45) is 5.73 Å². The molecule has 1 heterocycles. The van der Waals surface area contributed by atoms with E-state index < -0.39 is 0 Å². The number of nitrogens with zero attached hydrogens (tertiary/aromatic N) is 2. The van der Waals surface area contributed by atoms with Gasteiger partial charge in [0.2, 0.25) is 5.91 Å². The molecule has 1 fully saturated rings. The van der Waals surface area contributed by atoms with Crippen molar-refractivity contribution in [1.29, 1.82) is 0 Å². The van der Waals surface area contributed by atoms with Crippen molar-refractivity contribution in [1.82, 2.24) is 9.80 Å². The highest BCUT2D eigenvalue weighted by Crippen LogP contribution is 2.06. The lowest BCUT2D eigenvalue weighted by atomic mass is 10.2. The minimum atomic E-state index is -0.361. The lowest BCUT2D eigenvalue weighted by Crippen LogP contribution is -2.53. The van der Waals surface area contributed by atoms with Gasteiger partial charge in [0, 0.05) is 32.2 Å². The van der Waals surface area contributed by atoms with Gasteiger partial charge in [-0.25, -0.2) is 0 Å². The van der Waals surface area contributed by atoms with E-state index in [0.717, 1.165) is 26.2 Å². The molecule has 0 spiro atoms. The maximum Gasteiger partial charge on any atom is 0.239 e. The molecule has 0 aromatic carbocycles. The molecule has 1 aliphatic rings. The highest BCUT2D eigenvalue weighted by molar-refractivity contribution is 5.81. The molecule has 1 saturated heterocycles. The quantitative estimate of drug-likeness (QED) is 0.675. The van der Waals surface area contributed by atoms with Crippen LogP contribution in [0.15, 0.2) is 0 Å². The highest BCUT2D eigenvalue weighted by atomic mass is 16.2. The Kier molecular flexibility index (Phi) is 3.89. The average molecular weight is 199 g/mol. The summed E-state index contributed by atoms with van der Waals surface area (Å²) in [6.07, 6.45) is 0. The van der Waals surface area contributed by atoms with E-state index in [-0.39, 0.29) is 11.9 Å². The fourth-order valence-electron chi connectivity index (χ4n) is 1.75. The third-order valence-electron chi connectivity index (χ3n) is 2.75. The van der Waals surface area contributed by atoms with Gasteiger partial charge in [-0.15, -0.1) is 0 Å². The SMILES string of the molecule is CC(C)N1CCN(C(=O)[C@@H](C)N)CC1. The predicted octanol–water partition coefficient (Wildman–Crippen LogP) is -0.114.